The third-order valence-corrected chi connectivity index (χ3v) is 4.68. The Kier molecular flexibility index (Phi) is 3.28. The fraction of sp³-hybridized carbons (Fsp3) is 0.538. The van der Waals surface area contributed by atoms with E-state index in [1.807, 2.05) is 11.4 Å². The maximum absolute atomic E-state index is 12.4. The lowest BCUT2D eigenvalue weighted by molar-refractivity contribution is -0.155. The van der Waals surface area contributed by atoms with Crippen molar-refractivity contribution >= 4 is 23.2 Å². The molecule has 2 aliphatic heterocycles. The molecule has 1 aromatic heterocycles. The molecule has 6 heteroatoms. The van der Waals surface area contributed by atoms with Gasteiger partial charge in [-0.1, -0.05) is 0 Å². The molecule has 2 unspecified atom stereocenters. The average Bonchev–Trinajstić information content (AvgIpc) is 3.06. The van der Waals surface area contributed by atoms with E-state index in [-0.39, 0.29) is 5.91 Å². The van der Waals surface area contributed by atoms with Crippen LogP contribution in [-0.2, 0) is 20.7 Å². The molecule has 3 rings (SSSR count). The van der Waals surface area contributed by atoms with E-state index in [1.165, 1.54) is 4.90 Å². The highest BCUT2D eigenvalue weighted by atomic mass is 32.1. The van der Waals surface area contributed by atoms with Crippen LogP contribution in [0, 0.1) is 0 Å². The van der Waals surface area contributed by atoms with Crippen LogP contribution in [-0.4, -0.2) is 41.1 Å². The normalized spacial score (nSPS) is 26.2. The van der Waals surface area contributed by atoms with Crippen LogP contribution in [0.4, 0.5) is 0 Å². The maximum Gasteiger partial charge on any atom is 0.331 e. The van der Waals surface area contributed by atoms with Crippen molar-refractivity contribution in [2.75, 3.05) is 13.2 Å². The molecular formula is C13H15NO4S. The summed E-state index contributed by atoms with van der Waals surface area (Å²) in [5, 5.41) is 11.3. The van der Waals surface area contributed by atoms with Crippen molar-refractivity contribution in [1.29, 1.82) is 0 Å². The van der Waals surface area contributed by atoms with Crippen molar-refractivity contribution in [3.8, 4) is 0 Å². The summed E-state index contributed by atoms with van der Waals surface area (Å²) in [4.78, 5) is 26.4. The number of thiophene rings is 1. The van der Waals surface area contributed by atoms with Crippen molar-refractivity contribution in [3.63, 3.8) is 0 Å². The van der Waals surface area contributed by atoms with Gasteiger partial charge in [0.1, 0.15) is 6.10 Å². The molecule has 0 bridgehead atoms. The van der Waals surface area contributed by atoms with Crippen LogP contribution in [0.25, 0.3) is 0 Å². The second kappa shape index (κ2) is 4.94. The van der Waals surface area contributed by atoms with Gasteiger partial charge < -0.3 is 14.7 Å². The number of carbonyl (C=O) groups excluding carboxylic acids is 1. The zero-order valence-corrected chi connectivity index (χ0v) is 11.2. The number of carbonyl (C=O) groups is 2. The first-order chi connectivity index (χ1) is 9.18. The first-order valence-electron chi connectivity index (χ1n) is 6.39. The summed E-state index contributed by atoms with van der Waals surface area (Å²) < 4.78 is 5.38. The lowest BCUT2D eigenvalue weighted by Gasteiger charge is -2.34. The molecule has 5 nitrogen and oxygen atoms in total. The molecule has 1 N–H and O–H groups in total. The number of carboxylic acids is 1. The number of aliphatic carboxylic acids is 1. The summed E-state index contributed by atoms with van der Waals surface area (Å²) in [7, 11) is 0. The number of fused-ring (bicyclic) bond motifs is 1. The number of nitrogens with zero attached hydrogens (tertiary/aromatic N) is 1. The van der Waals surface area contributed by atoms with E-state index < -0.39 is 18.1 Å². The van der Waals surface area contributed by atoms with Crippen LogP contribution in [0.3, 0.4) is 0 Å². The highest BCUT2D eigenvalue weighted by Crippen LogP contribution is 2.34. The smallest absolute Gasteiger partial charge is 0.331 e. The van der Waals surface area contributed by atoms with Crippen molar-refractivity contribution in [2.24, 2.45) is 0 Å². The van der Waals surface area contributed by atoms with E-state index in [2.05, 4.69) is 0 Å². The third kappa shape index (κ3) is 2.15. The molecule has 102 valence electrons. The SMILES string of the molecule is O=C(O)C1c2ccsc2CCN1C(=O)C1CCCO1. The molecule has 1 saturated heterocycles. The summed E-state index contributed by atoms with van der Waals surface area (Å²) in [6.45, 7) is 1.05. The summed E-state index contributed by atoms with van der Waals surface area (Å²) >= 11 is 1.56. The summed E-state index contributed by atoms with van der Waals surface area (Å²) in [6.07, 6.45) is 1.83. The standard InChI is InChI=1S/C13H15NO4S/c15-12(9-2-1-6-18-9)14-5-3-10-8(4-7-19-10)11(14)13(16)17/h4,7,9,11H,1-3,5-6H2,(H,16,17). The molecule has 2 atom stereocenters. The number of amides is 1. The Bertz CT molecular complexity index is 506. The van der Waals surface area contributed by atoms with E-state index in [1.54, 1.807) is 11.3 Å². The monoisotopic (exact) mass is 281 g/mol. The largest absolute Gasteiger partial charge is 0.479 e. The van der Waals surface area contributed by atoms with Crippen LogP contribution < -0.4 is 0 Å². The summed E-state index contributed by atoms with van der Waals surface area (Å²) in [5.74, 6) is -1.15. The molecule has 0 spiro atoms. The van der Waals surface area contributed by atoms with Gasteiger partial charge in [0.15, 0.2) is 6.04 Å². The molecule has 19 heavy (non-hydrogen) atoms. The Morgan fingerprint density at radius 2 is 2.32 bits per heavy atom. The minimum absolute atomic E-state index is 0.179. The second-order valence-electron chi connectivity index (χ2n) is 4.82. The van der Waals surface area contributed by atoms with Crippen molar-refractivity contribution in [1.82, 2.24) is 4.90 Å². The lowest BCUT2D eigenvalue weighted by atomic mass is 9.99. The lowest BCUT2D eigenvalue weighted by Crippen LogP contribution is -2.47. The minimum Gasteiger partial charge on any atom is -0.479 e. The number of hydrogen-bond acceptors (Lipinski definition) is 4. The van der Waals surface area contributed by atoms with Gasteiger partial charge in [0.05, 0.1) is 0 Å². The fourth-order valence-corrected chi connectivity index (χ4v) is 3.68. The minimum atomic E-state index is -0.967. The highest BCUT2D eigenvalue weighted by molar-refractivity contribution is 7.10. The number of ether oxygens (including phenoxy) is 1. The molecule has 2 aliphatic rings. The Labute approximate surface area is 114 Å². The third-order valence-electron chi connectivity index (χ3n) is 3.69. The zero-order valence-electron chi connectivity index (χ0n) is 10.4. The van der Waals surface area contributed by atoms with Gasteiger partial charge in [0, 0.05) is 18.0 Å². The second-order valence-corrected chi connectivity index (χ2v) is 5.82. The van der Waals surface area contributed by atoms with Crippen LogP contribution in [0.2, 0.25) is 0 Å². The molecule has 0 radical (unpaired) electrons. The fourth-order valence-electron chi connectivity index (χ4n) is 2.78. The van der Waals surface area contributed by atoms with Crippen molar-refractivity contribution < 1.29 is 19.4 Å². The van der Waals surface area contributed by atoms with E-state index in [0.29, 0.717) is 19.6 Å². The molecular weight excluding hydrogens is 266 g/mol. The molecule has 3 heterocycles. The number of rotatable bonds is 2. The Morgan fingerprint density at radius 1 is 1.47 bits per heavy atom. The van der Waals surface area contributed by atoms with E-state index >= 15 is 0 Å². The first kappa shape index (κ1) is 12.6. The van der Waals surface area contributed by atoms with E-state index in [4.69, 9.17) is 4.74 Å². The van der Waals surface area contributed by atoms with Gasteiger partial charge >= 0.3 is 5.97 Å². The molecule has 0 aromatic carbocycles. The van der Waals surface area contributed by atoms with Gasteiger partial charge in [-0.25, -0.2) is 4.79 Å². The van der Waals surface area contributed by atoms with Crippen LogP contribution >= 0.6 is 11.3 Å². The van der Waals surface area contributed by atoms with Gasteiger partial charge in [-0.3, -0.25) is 4.79 Å². The quantitative estimate of drug-likeness (QED) is 0.890. The van der Waals surface area contributed by atoms with Crippen LogP contribution in [0.1, 0.15) is 29.3 Å². The molecule has 1 amide bonds. The summed E-state index contributed by atoms with van der Waals surface area (Å²) in [6, 6.07) is 0.958. The molecule has 1 aromatic rings. The topological polar surface area (TPSA) is 66.8 Å². The van der Waals surface area contributed by atoms with Gasteiger partial charge in [0.25, 0.3) is 5.91 Å². The van der Waals surface area contributed by atoms with Gasteiger partial charge in [-0.05, 0) is 36.3 Å². The number of hydrogen-bond donors (Lipinski definition) is 1. The Hall–Kier alpha value is -1.40. The first-order valence-corrected chi connectivity index (χ1v) is 7.27. The highest BCUT2D eigenvalue weighted by Gasteiger charge is 2.40. The maximum atomic E-state index is 12.4. The Morgan fingerprint density at radius 3 is 3.00 bits per heavy atom. The Balaban J connectivity index is 1.89. The predicted molar refractivity (Wildman–Crippen MR) is 69.1 cm³/mol. The molecule has 0 saturated carbocycles. The number of carboxylic acid groups (broad SMARTS) is 1. The molecule has 0 aliphatic carbocycles. The predicted octanol–water partition coefficient (Wildman–Crippen LogP) is 1.44. The van der Waals surface area contributed by atoms with Crippen molar-refractivity contribution in [3.05, 3.63) is 21.9 Å². The van der Waals surface area contributed by atoms with Gasteiger partial charge in [0.2, 0.25) is 0 Å². The molecule has 1 fully saturated rings. The average molecular weight is 281 g/mol. The van der Waals surface area contributed by atoms with E-state index in [9.17, 15) is 14.7 Å². The zero-order chi connectivity index (χ0) is 13.4. The van der Waals surface area contributed by atoms with Crippen LogP contribution in [0.5, 0.6) is 0 Å². The van der Waals surface area contributed by atoms with Gasteiger partial charge in [-0.15, -0.1) is 11.3 Å². The van der Waals surface area contributed by atoms with Crippen molar-refractivity contribution in [2.45, 2.75) is 31.4 Å². The summed E-state index contributed by atoms with van der Waals surface area (Å²) in [5.41, 5.74) is 0.759. The van der Waals surface area contributed by atoms with Gasteiger partial charge in [-0.2, -0.15) is 0 Å². The van der Waals surface area contributed by atoms with Crippen LogP contribution in [0.15, 0.2) is 11.4 Å². The van der Waals surface area contributed by atoms with E-state index in [0.717, 1.165) is 23.3 Å².